The average molecular weight is 261 g/mol. The van der Waals surface area contributed by atoms with E-state index in [1.54, 1.807) is 6.92 Å². The second-order valence-corrected chi connectivity index (χ2v) is 5.44. The molecule has 0 aliphatic carbocycles. The van der Waals surface area contributed by atoms with Crippen LogP contribution in [-0.2, 0) is 10.0 Å². The van der Waals surface area contributed by atoms with Crippen molar-refractivity contribution in [3.05, 3.63) is 24.0 Å². The van der Waals surface area contributed by atoms with E-state index in [-0.39, 0.29) is 16.7 Å². The molecular formula is C11H16FNO3S. The molecule has 96 valence electrons. The summed E-state index contributed by atoms with van der Waals surface area (Å²) in [6, 6.07) is 3.36. The van der Waals surface area contributed by atoms with E-state index in [1.165, 1.54) is 19.2 Å². The highest BCUT2D eigenvalue weighted by Crippen LogP contribution is 2.20. The van der Waals surface area contributed by atoms with Crippen molar-refractivity contribution >= 4 is 10.0 Å². The third-order valence-electron chi connectivity index (χ3n) is 2.40. The Bertz CT molecular complexity index is 487. The summed E-state index contributed by atoms with van der Waals surface area (Å²) < 4.78 is 44.2. The zero-order valence-electron chi connectivity index (χ0n) is 10.0. The molecule has 0 fully saturated rings. The van der Waals surface area contributed by atoms with E-state index in [9.17, 15) is 12.8 Å². The summed E-state index contributed by atoms with van der Waals surface area (Å²) >= 11 is 0. The Hall–Kier alpha value is -1.14. The maximum Gasteiger partial charge on any atom is 0.240 e. The van der Waals surface area contributed by atoms with E-state index in [0.29, 0.717) is 6.42 Å². The van der Waals surface area contributed by atoms with E-state index >= 15 is 0 Å². The number of nitrogens with one attached hydrogen (secondary N) is 1. The monoisotopic (exact) mass is 261 g/mol. The highest BCUT2D eigenvalue weighted by atomic mass is 32.2. The summed E-state index contributed by atoms with van der Waals surface area (Å²) in [6.07, 6.45) is 0.665. The summed E-state index contributed by atoms with van der Waals surface area (Å²) in [7, 11) is -2.34. The predicted octanol–water partition coefficient (Wildman–Crippen LogP) is 1.91. The van der Waals surface area contributed by atoms with Gasteiger partial charge >= 0.3 is 0 Å². The van der Waals surface area contributed by atoms with Crippen LogP contribution < -0.4 is 9.46 Å². The van der Waals surface area contributed by atoms with E-state index in [0.717, 1.165) is 6.07 Å². The number of hydrogen-bond donors (Lipinski definition) is 1. The maximum atomic E-state index is 13.4. The molecule has 0 aliphatic rings. The normalized spacial score (nSPS) is 13.4. The molecule has 0 spiro atoms. The molecule has 1 unspecified atom stereocenters. The Morgan fingerprint density at radius 2 is 2.12 bits per heavy atom. The Labute approximate surface area is 101 Å². The van der Waals surface area contributed by atoms with Gasteiger partial charge in [0.15, 0.2) is 11.6 Å². The number of hydrogen-bond acceptors (Lipinski definition) is 3. The molecule has 1 rings (SSSR count). The molecule has 1 N–H and O–H groups in total. The SMILES string of the molecule is CCC(C)NS(=O)(=O)c1ccc(OC)c(F)c1. The summed E-state index contributed by atoms with van der Waals surface area (Å²) in [6.45, 7) is 3.61. The van der Waals surface area contributed by atoms with E-state index in [1.807, 2.05) is 6.92 Å². The highest BCUT2D eigenvalue weighted by molar-refractivity contribution is 7.89. The summed E-state index contributed by atoms with van der Waals surface area (Å²) in [4.78, 5) is -0.101. The van der Waals surface area contributed by atoms with Crippen molar-refractivity contribution in [2.75, 3.05) is 7.11 Å². The number of halogens is 1. The van der Waals surface area contributed by atoms with E-state index in [2.05, 4.69) is 4.72 Å². The average Bonchev–Trinajstić information content (AvgIpc) is 2.28. The fourth-order valence-corrected chi connectivity index (χ4v) is 2.57. The number of benzene rings is 1. The number of methoxy groups -OCH3 is 1. The standard InChI is InChI=1S/C11H16FNO3S/c1-4-8(2)13-17(14,15)9-5-6-11(16-3)10(12)7-9/h5-8,13H,4H2,1-3H3. The van der Waals surface area contributed by atoms with Gasteiger partial charge in [-0.2, -0.15) is 0 Å². The molecule has 6 heteroatoms. The molecule has 4 nitrogen and oxygen atoms in total. The van der Waals surface area contributed by atoms with Gasteiger partial charge in [0.25, 0.3) is 0 Å². The first-order chi connectivity index (χ1) is 7.90. The second kappa shape index (κ2) is 5.46. The fourth-order valence-electron chi connectivity index (χ4n) is 1.23. The lowest BCUT2D eigenvalue weighted by atomic mass is 10.3. The maximum absolute atomic E-state index is 13.4. The van der Waals surface area contributed by atoms with Crippen LogP contribution in [0.25, 0.3) is 0 Å². The molecule has 0 aromatic heterocycles. The van der Waals surface area contributed by atoms with Crippen LogP contribution in [0, 0.1) is 5.82 Å². The minimum Gasteiger partial charge on any atom is -0.494 e. The highest BCUT2D eigenvalue weighted by Gasteiger charge is 2.18. The van der Waals surface area contributed by atoms with Crippen LogP contribution in [0.4, 0.5) is 4.39 Å². The summed E-state index contributed by atoms with van der Waals surface area (Å²) in [5.74, 6) is -0.674. The van der Waals surface area contributed by atoms with Crippen molar-refractivity contribution in [2.24, 2.45) is 0 Å². The number of ether oxygens (including phenoxy) is 1. The van der Waals surface area contributed by atoms with Gasteiger partial charge in [0.1, 0.15) is 0 Å². The smallest absolute Gasteiger partial charge is 0.240 e. The molecule has 17 heavy (non-hydrogen) atoms. The molecule has 1 aromatic rings. The van der Waals surface area contributed by atoms with Gasteiger partial charge in [0, 0.05) is 6.04 Å². The van der Waals surface area contributed by atoms with Gasteiger partial charge in [0.05, 0.1) is 12.0 Å². The lowest BCUT2D eigenvalue weighted by molar-refractivity contribution is 0.385. The molecule has 0 heterocycles. The van der Waals surface area contributed by atoms with Crippen LogP contribution in [0.5, 0.6) is 5.75 Å². The predicted molar refractivity (Wildman–Crippen MR) is 63.0 cm³/mol. The van der Waals surface area contributed by atoms with E-state index < -0.39 is 15.8 Å². The molecule has 1 aromatic carbocycles. The van der Waals surface area contributed by atoms with Crippen molar-refractivity contribution in [2.45, 2.75) is 31.2 Å². The first kappa shape index (κ1) is 13.9. The van der Waals surface area contributed by atoms with Crippen LogP contribution in [0.3, 0.4) is 0 Å². The van der Waals surface area contributed by atoms with Crippen LogP contribution in [0.2, 0.25) is 0 Å². The van der Waals surface area contributed by atoms with Crippen molar-refractivity contribution in [3.8, 4) is 5.75 Å². The van der Waals surface area contributed by atoms with Gasteiger partial charge in [-0.1, -0.05) is 6.92 Å². The van der Waals surface area contributed by atoms with Crippen LogP contribution in [-0.4, -0.2) is 21.6 Å². The van der Waals surface area contributed by atoms with Gasteiger partial charge in [-0.05, 0) is 31.5 Å². The Morgan fingerprint density at radius 1 is 1.47 bits per heavy atom. The van der Waals surface area contributed by atoms with Crippen LogP contribution in [0.1, 0.15) is 20.3 Å². The quantitative estimate of drug-likeness (QED) is 0.881. The third-order valence-corrected chi connectivity index (χ3v) is 3.99. The number of sulfonamides is 1. The molecule has 0 amide bonds. The largest absolute Gasteiger partial charge is 0.494 e. The molecular weight excluding hydrogens is 245 g/mol. The summed E-state index contributed by atoms with van der Waals surface area (Å²) in [5, 5.41) is 0. The van der Waals surface area contributed by atoms with E-state index in [4.69, 9.17) is 4.74 Å². The van der Waals surface area contributed by atoms with Gasteiger partial charge in [-0.15, -0.1) is 0 Å². The fraction of sp³-hybridized carbons (Fsp3) is 0.455. The van der Waals surface area contributed by atoms with Crippen molar-refractivity contribution in [1.29, 1.82) is 0 Å². The zero-order chi connectivity index (χ0) is 13.1. The van der Waals surface area contributed by atoms with Crippen molar-refractivity contribution in [3.63, 3.8) is 0 Å². The lowest BCUT2D eigenvalue weighted by Crippen LogP contribution is -2.32. The van der Waals surface area contributed by atoms with Crippen molar-refractivity contribution < 1.29 is 17.5 Å². The second-order valence-electron chi connectivity index (χ2n) is 3.73. The zero-order valence-corrected chi connectivity index (χ0v) is 10.8. The molecule has 0 saturated heterocycles. The Kier molecular flexibility index (Phi) is 4.47. The topological polar surface area (TPSA) is 55.4 Å². The Balaban J connectivity index is 3.04. The molecule has 1 atom stereocenters. The molecule has 0 radical (unpaired) electrons. The first-order valence-corrected chi connectivity index (χ1v) is 6.75. The van der Waals surface area contributed by atoms with Crippen molar-refractivity contribution in [1.82, 2.24) is 4.72 Å². The first-order valence-electron chi connectivity index (χ1n) is 5.26. The molecule has 0 saturated carbocycles. The van der Waals surface area contributed by atoms with Crippen LogP contribution >= 0.6 is 0 Å². The van der Waals surface area contributed by atoms with Gasteiger partial charge in [-0.3, -0.25) is 0 Å². The molecule has 0 aliphatic heterocycles. The van der Waals surface area contributed by atoms with Gasteiger partial charge in [0.2, 0.25) is 10.0 Å². The minimum atomic E-state index is -3.66. The Morgan fingerprint density at radius 3 is 2.59 bits per heavy atom. The lowest BCUT2D eigenvalue weighted by Gasteiger charge is -2.12. The third kappa shape index (κ3) is 3.41. The van der Waals surface area contributed by atoms with Crippen LogP contribution in [0.15, 0.2) is 23.1 Å². The summed E-state index contributed by atoms with van der Waals surface area (Å²) in [5.41, 5.74) is 0. The number of rotatable bonds is 5. The van der Waals surface area contributed by atoms with Gasteiger partial charge < -0.3 is 4.74 Å². The van der Waals surface area contributed by atoms with Gasteiger partial charge in [-0.25, -0.2) is 17.5 Å². The molecule has 0 bridgehead atoms. The minimum absolute atomic E-state index is 0.0208.